The Labute approximate surface area is 300 Å². The molecule has 11 nitrogen and oxygen atoms in total. The topological polar surface area (TPSA) is 122 Å². The van der Waals surface area contributed by atoms with Crippen molar-refractivity contribution in [3.8, 4) is 45.4 Å². The summed E-state index contributed by atoms with van der Waals surface area (Å²) in [6.45, 7) is 6.31. The normalized spacial score (nSPS) is 19.3. The second-order valence-electron chi connectivity index (χ2n) is 14.1. The summed E-state index contributed by atoms with van der Waals surface area (Å²) in [6.07, 6.45) is 4.58. The molecule has 0 bridgehead atoms. The fourth-order valence-electron chi connectivity index (χ4n) is 8.04. The van der Waals surface area contributed by atoms with Gasteiger partial charge in [0.15, 0.2) is 0 Å². The van der Waals surface area contributed by atoms with E-state index in [-0.39, 0.29) is 22.6 Å². The zero-order valence-corrected chi connectivity index (χ0v) is 29.4. The molecule has 2 spiro atoms. The number of likely N-dealkylation sites (tertiary alicyclic amines) is 2. The number of methoxy groups -OCH3 is 2. The SMILES string of the molecule is COc1nc(-c2cccc(-c3cncc(-c4ccc(CN5CC6(CNC(=O)C6)C5)c(OC)n4)c3Cl)c2Cl)ccc1CN1CC2(CNC(=O)C2)C1. The number of nitrogens with one attached hydrogen (secondary N) is 2. The van der Waals surface area contributed by atoms with Crippen LogP contribution in [0.2, 0.25) is 10.0 Å². The summed E-state index contributed by atoms with van der Waals surface area (Å²) in [5, 5.41) is 6.88. The number of aromatic nitrogens is 3. The lowest BCUT2D eigenvalue weighted by molar-refractivity contribution is -0.121. The summed E-state index contributed by atoms with van der Waals surface area (Å²) >= 11 is 14.2. The molecule has 0 radical (unpaired) electrons. The average Bonchev–Trinajstić information content (AvgIpc) is 3.68. The third kappa shape index (κ3) is 5.96. The van der Waals surface area contributed by atoms with E-state index in [4.69, 9.17) is 42.6 Å². The Bertz CT molecular complexity index is 1870. The van der Waals surface area contributed by atoms with Crippen molar-refractivity contribution < 1.29 is 19.1 Å². The highest BCUT2D eigenvalue weighted by atomic mass is 35.5. The van der Waals surface area contributed by atoms with E-state index in [1.165, 1.54) is 0 Å². The van der Waals surface area contributed by atoms with Gasteiger partial charge < -0.3 is 20.1 Å². The molecule has 7 heterocycles. The minimum atomic E-state index is 0.0523. The van der Waals surface area contributed by atoms with Crippen LogP contribution in [0.3, 0.4) is 0 Å². The minimum absolute atomic E-state index is 0.0523. The fourth-order valence-corrected chi connectivity index (χ4v) is 8.66. The Morgan fingerprint density at radius 2 is 1.16 bits per heavy atom. The van der Waals surface area contributed by atoms with Gasteiger partial charge in [-0.3, -0.25) is 24.4 Å². The van der Waals surface area contributed by atoms with Crippen LogP contribution in [0.5, 0.6) is 11.8 Å². The Balaban J connectivity index is 1.01. The van der Waals surface area contributed by atoms with E-state index in [0.717, 1.165) is 56.0 Å². The van der Waals surface area contributed by atoms with Gasteiger partial charge in [-0.05, 0) is 12.1 Å². The van der Waals surface area contributed by atoms with Crippen molar-refractivity contribution in [1.82, 2.24) is 35.4 Å². The number of benzene rings is 1. The zero-order chi connectivity index (χ0) is 34.6. The van der Waals surface area contributed by atoms with E-state index in [9.17, 15) is 9.59 Å². The summed E-state index contributed by atoms with van der Waals surface area (Å²) in [7, 11) is 3.23. The molecule has 0 atom stereocenters. The summed E-state index contributed by atoms with van der Waals surface area (Å²) in [4.78, 5) is 42.3. The Kier molecular flexibility index (Phi) is 8.42. The van der Waals surface area contributed by atoms with Gasteiger partial charge in [0.05, 0.1) is 35.7 Å². The maximum atomic E-state index is 11.7. The van der Waals surface area contributed by atoms with Crippen molar-refractivity contribution >= 4 is 35.0 Å². The second kappa shape index (κ2) is 12.8. The van der Waals surface area contributed by atoms with Crippen molar-refractivity contribution in [2.45, 2.75) is 25.9 Å². The Morgan fingerprint density at radius 1 is 0.680 bits per heavy atom. The van der Waals surface area contributed by atoms with Crippen molar-refractivity contribution in [1.29, 1.82) is 0 Å². The monoisotopic (exact) mass is 713 g/mol. The number of hydrogen-bond acceptors (Lipinski definition) is 9. The number of carbonyl (C=O) groups excluding carboxylic acids is 2. The van der Waals surface area contributed by atoms with E-state index in [0.29, 0.717) is 75.8 Å². The lowest BCUT2D eigenvalue weighted by atomic mass is 9.79. The van der Waals surface area contributed by atoms with Gasteiger partial charge in [-0.15, -0.1) is 0 Å². The van der Waals surface area contributed by atoms with Crippen LogP contribution in [-0.4, -0.2) is 90.1 Å². The zero-order valence-electron chi connectivity index (χ0n) is 27.9. The summed E-state index contributed by atoms with van der Waals surface area (Å²) in [5.74, 6) is 1.33. The summed E-state index contributed by atoms with van der Waals surface area (Å²) in [5.41, 5.74) is 6.13. The first kappa shape index (κ1) is 32.9. The van der Waals surface area contributed by atoms with Crippen LogP contribution >= 0.6 is 23.2 Å². The van der Waals surface area contributed by atoms with E-state index in [1.807, 2.05) is 42.5 Å². The van der Waals surface area contributed by atoms with Crippen LogP contribution in [0.15, 0.2) is 54.9 Å². The van der Waals surface area contributed by atoms with Crippen molar-refractivity contribution in [2.24, 2.45) is 10.8 Å². The van der Waals surface area contributed by atoms with Crippen LogP contribution < -0.4 is 20.1 Å². The van der Waals surface area contributed by atoms with Crippen molar-refractivity contribution in [3.05, 3.63) is 76.0 Å². The fraction of sp³-hybridized carbons (Fsp3) is 0.378. The summed E-state index contributed by atoms with van der Waals surface area (Å²) < 4.78 is 11.4. The van der Waals surface area contributed by atoms with E-state index in [1.54, 1.807) is 26.6 Å². The first-order valence-electron chi connectivity index (χ1n) is 16.7. The molecule has 2 amide bonds. The van der Waals surface area contributed by atoms with Gasteiger partial charge in [-0.1, -0.05) is 53.5 Å². The van der Waals surface area contributed by atoms with Crippen LogP contribution in [-0.2, 0) is 22.7 Å². The third-order valence-electron chi connectivity index (χ3n) is 10.4. The molecule has 4 saturated heterocycles. The van der Waals surface area contributed by atoms with Gasteiger partial charge in [-0.2, -0.15) is 0 Å². The Morgan fingerprint density at radius 3 is 1.66 bits per heavy atom. The quantitative estimate of drug-likeness (QED) is 0.251. The lowest BCUT2D eigenvalue weighted by Crippen LogP contribution is -2.56. The van der Waals surface area contributed by atoms with Gasteiger partial charge in [0.2, 0.25) is 23.6 Å². The van der Waals surface area contributed by atoms with Gasteiger partial charge in [0.25, 0.3) is 0 Å². The molecule has 0 aliphatic carbocycles. The molecule has 4 aliphatic rings. The highest BCUT2D eigenvalue weighted by Gasteiger charge is 2.49. The number of rotatable bonds is 9. The number of carbonyl (C=O) groups is 2. The van der Waals surface area contributed by atoms with Crippen molar-refractivity contribution in [3.63, 3.8) is 0 Å². The predicted octanol–water partition coefficient (Wildman–Crippen LogP) is 4.84. The molecular weight excluding hydrogens is 677 g/mol. The third-order valence-corrected chi connectivity index (χ3v) is 11.2. The standard InChI is InChI=1S/C37H37Cl2N7O4/c1-49-34-22(14-45-18-36(19-45)10-30(47)41-16-36)6-8-28(43-34)25-5-3-4-24(32(25)38)26-12-40-13-27(33(26)39)29-9-7-23(35(44-29)50-2)15-46-20-37(21-46)11-31(48)42-17-37/h3-9,12-13H,10-11,14-21H2,1-2H3,(H,41,47)(H,42,48). The molecule has 50 heavy (non-hydrogen) atoms. The van der Waals surface area contributed by atoms with E-state index < -0.39 is 0 Å². The number of nitrogens with zero attached hydrogens (tertiary/aromatic N) is 5. The molecule has 4 fully saturated rings. The van der Waals surface area contributed by atoms with Crippen molar-refractivity contribution in [2.75, 3.05) is 53.5 Å². The molecular formula is C37H37Cl2N7O4. The van der Waals surface area contributed by atoms with Crippen LogP contribution in [0, 0.1) is 10.8 Å². The molecule has 1 aromatic carbocycles. The van der Waals surface area contributed by atoms with Gasteiger partial charge >= 0.3 is 0 Å². The van der Waals surface area contributed by atoms with Gasteiger partial charge in [0, 0.05) is 122 Å². The summed E-state index contributed by atoms with van der Waals surface area (Å²) in [6, 6.07) is 13.7. The minimum Gasteiger partial charge on any atom is -0.481 e. The molecule has 2 N–H and O–H groups in total. The number of hydrogen-bond donors (Lipinski definition) is 2. The molecule has 8 rings (SSSR count). The van der Waals surface area contributed by atoms with Gasteiger partial charge in [-0.25, -0.2) is 9.97 Å². The first-order chi connectivity index (χ1) is 24.2. The largest absolute Gasteiger partial charge is 0.481 e. The highest BCUT2D eigenvalue weighted by Crippen LogP contribution is 2.43. The molecule has 3 aromatic heterocycles. The molecule has 4 aromatic rings. The lowest BCUT2D eigenvalue weighted by Gasteiger charge is -2.47. The smallest absolute Gasteiger partial charge is 0.220 e. The highest BCUT2D eigenvalue weighted by molar-refractivity contribution is 6.39. The molecule has 13 heteroatoms. The maximum absolute atomic E-state index is 11.7. The number of ether oxygens (including phenoxy) is 2. The van der Waals surface area contributed by atoms with Crippen LogP contribution in [0.25, 0.3) is 33.6 Å². The number of amides is 2. The van der Waals surface area contributed by atoms with Gasteiger partial charge in [0.1, 0.15) is 0 Å². The molecule has 258 valence electrons. The second-order valence-corrected chi connectivity index (χ2v) is 14.9. The average molecular weight is 715 g/mol. The first-order valence-corrected chi connectivity index (χ1v) is 17.4. The molecule has 0 saturated carbocycles. The Hall–Kier alpha value is -4.29. The van der Waals surface area contributed by atoms with Crippen LogP contribution in [0.1, 0.15) is 24.0 Å². The molecule has 4 aliphatic heterocycles. The molecule has 0 unspecified atom stereocenters. The van der Waals surface area contributed by atoms with E-state index >= 15 is 0 Å². The predicted molar refractivity (Wildman–Crippen MR) is 190 cm³/mol. The van der Waals surface area contributed by atoms with E-state index in [2.05, 4.69) is 25.4 Å². The van der Waals surface area contributed by atoms with Crippen LogP contribution in [0.4, 0.5) is 0 Å². The number of halogens is 2. The maximum Gasteiger partial charge on any atom is 0.220 e. The number of pyridine rings is 3.